The van der Waals surface area contributed by atoms with Crippen molar-refractivity contribution in [1.29, 1.82) is 0 Å². The lowest BCUT2D eigenvalue weighted by Crippen LogP contribution is -1.66. The third-order valence-corrected chi connectivity index (χ3v) is 11.1. The Balaban J connectivity index is 1.68. The number of thiol groups is 1. The molecular weight excluding hydrogens is 429 g/mol. The summed E-state index contributed by atoms with van der Waals surface area (Å²) >= 11 is 15.8. The van der Waals surface area contributed by atoms with Gasteiger partial charge in [0.05, 0.1) is 18.5 Å². The van der Waals surface area contributed by atoms with Crippen molar-refractivity contribution in [1.82, 2.24) is 0 Å². The van der Waals surface area contributed by atoms with Gasteiger partial charge in [-0.25, -0.2) is 0 Å². The molecule has 120 valence electrons. The number of thioether (sulfide) groups is 1. The van der Waals surface area contributed by atoms with Crippen LogP contribution in [-0.4, -0.2) is 6.26 Å². The summed E-state index contributed by atoms with van der Waals surface area (Å²) in [5.74, 6) is 0. The normalized spacial score (nSPS) is 11.9. The molecule has 5 heterocycles. The lowest BCUT2D eigenvalue weighted by atomic mass is 10.3. The highest BCUT2D eigenvalue weighted by atomic mass is 32.2. The van der Waals surface area contributed by atoms with Gasteiger partial charge in [0.2, 0.25) is 0 Å². The van der Waals surface area contributed by atoms with Crippen LogP contribution in [0.1, 0.15) is 0 Å². The predicted octanol–water partition coefficient (Wildman–Crippen LogP) is 8.65. The Morgan fingerprint density at radius 1 is 0.917 bits per heavy atom. The van der Waals surface area contributed by atoms with Crippen LogP contribution >= 0.6 is 81.1 Å². The van der Waals surface area contributed by atoms with E-state index in [-0.39, 0.29) is 0 Å². The minimum Gasteiger partial charge on any atom is -0.142 e. The summed E-state index contributed by atoms with van der Waals surface area (Å²) in [5.41, 5.74) is 0. The highest BCUT2D eigenvalue weighted by Gasteiger charge is 2.17. The van der Waals surface area contributed by atoms with Crippen LogP contribution in [0.4, 0.5) is 0 Å². The lowest BCUT2D eigenvalue weighted by molar-refractivity contribution is 1.60. The van der Waals surface area contributed by atoms with E-state index in [1.54, 1.807) is 11.3 Å². The van der Waals surface area contributed by atoms with E-state index in [2.05, 4.69) is 53.9 Å². The van der Waals surface area contributed by atoms with Gasteiger partial charge in [-0.2, -0.15) is 0 Å². The van der Waals surface area contributed by atoms with Crippen molar-refractivity contribution < 1.29 is 0 Å². The number of hydrogen-bond donors (Lipinski definition) is 1. The molecule has 0 radical (unpaired) electrons. The second kappa shape index (κ2) is 6.16. The minimum absolute atomic E-state index is 1.08. The summed E-state index contributed by atoms with van der Waals surface area (Å²) in [5, 5.41) is 5.73. The van der Waals surface area contributed by atoms with Gasteiger partial charge in [-0.3, -0.25) is 0 Å². The molecule has 5 rings (SSSR count). The Hall–Kier alpha value is -0.280. The number of rotatable bonds is 3. The van der Waals surface area contributed by atoms with E-state index in [0.29, 0.717) is 0 Å². The van der Waals surface area contributed by atoms with Gasteiger partial charge in [-0.15, -0.1) is 81.1 Å². The average molecular weight is 439 g/mol. The van der Waals surface area contributed by atoms with Crippen molar-refractivity contribution >= 4 is 99.9 Å². The summed E-state index contributed by atoms with van der Waals surface area (Å²) in [4.78, 5) is 7.91. The summed E-state index contributed by atoms with van der Waals surface area (Å²) in [6.07, 6.45) is 2.15. The molecule has 0 aromatic carbocycles. The van der Waals surface area contributed by atoms with E-state index in [1.807, 2.05) is 57.1 Å². The summed E-state index contributed by atoms with van der Waals surface area (Å²) in [6.45, 7) is 0. The van der Waals surface area contributed by atoms with Crippen molar-refractivity contribution in [3.8, 4) is 19.5 Å². The zero-order valence-corrected chi connectivity index (χ0v) is 18.2. The molecule has 24 heavy (non-hydrogen) atoms. The number of fused-ring (bicyclic) bond motifs is 3. The fraction of sp³-hybridized carbons (Fsp3) is 0.0588. The van der Waals surface area contributed by atoms with E-state index < -0.39 is 0 Å². The van der Waals surface area contributed by atoms with Crippen LogP contribution in [-0.2, 0) is 0 Å². The molecule has 5 aromatic heterocycles. The van der Waals surface area contributed by atoms with Gasteiger partial charge < -0.3 is 0 Å². The van der Waals surface area contributed by atoms with E-state index in [9.17, 15) is 0 Å². The van der Waals surface area contributed by atoms with Gasteiger partial charge in [0.1, 0.15) is 0 Å². The molecule has 0 nitrogen and oxygen atoms in total. The van der Waals surface area contributed by atoms with Crippen molar-refractivity contribution in [3.05, 3.63) is 35.0 Å². The van der Waals surface area contributed by atoms with Gasteiger partial charge in [-0.1, -0.05) is 0 Å². The molecule has 0 aliphatic heterocycles. The maximum absolute atomic E-state index is 4.58. The molecule has 5 aromatic rings. The van der Waals surface area contributed by atoms with Crippen LogP contribution in [0.3, 0.4) is 0 Å². The van der Waals surface area contributed by atoms with Crippen LogP contribution in [0.2, 0.25) is 0 Å². The lowest BCUT2D eigenvalue weighted by Gasteiger charge is -1.95. The summed E-state index contributed by atoms with van der Waals surface area (Å²) in [6, 6.07) is 9.03. The van der Waals surface area contributed by atoms with Gasteiger partial charge in [0.25, 0.3) is 0 Å². The monoisotopic (exact) mass is 438 g/mol. The smallest absolute Gasteiger partial charge is 0.0892 e. The third kappa shape index (κ3) is 2.45. The summed E-state index contributed by atoms with van der Waals surface area (Å²) in [7, 11) is 0. The minimum atomic E-state index is 1.08. The molecule has 0 amide bonds. The highest BCUT2D eigenvalue weighted by Crippen LogP contribution is 2.50. The fourth-order valence-electron chi connectivity index (χ4n) is 2.69. The standard InChI is InChI=1S/C17H10S7/c1-19-10-3-5-21-16(10)11-6-8-14-12(24-17(8)23-11)7-13(22-14)15-9(18)2-4-20-15/h2-7,18H,1H3. The van der Waals surface area contributed by atoms with Gasteiger partial charge >= 0.3 is 0 Å². The van der Waals surface area contributed by atoms with Gasteiger partial charge in [-0.05, 0) is 41.3 Å². The molecule has 0 fully saturated rings. The third-order valence-electron chi connectivity index (χ3n) is 3.78. The first-order valence-corrected chi connectivity index (χ1v) is 13.0. The van der Waals surface area contributed by atoms with Crippen molar-refractivity contribution in [2.75, 3.05) is 6.26 Å². The highest BCUT2D eigenvalue weighted by molar-refractivity contribution is 7.99. The van der Waals surface area contributed by atoms with Crippen molar-refractivity contribution in [2.24, 2.45) is 0 Å². The van der Waals surface area contributed by atoms with Gasteiger partial charge in [0.15, 0.2) is 0 Å². The molecule has 0 saturated carbocycles. The molecule has 0 N–H and O–H groups in total. The van der Waals surface area contributed by atoms with Crippen LogP contribution in [0, 0.1) is 0 Å². The topological polar surface area (TPSA) is 0 Å². The van der Waals surface area contributed by atoms with E-state index in [1.165, 1.54) is 43.2 Å². The van der Waals surface area contributed by atoms with E-state index in [4.69, 9.17) is 0 Å². The average Bonchev–Trinajstić information content (AvgIpc) is 3.32. The second-order valence-electron chi connectivity index (χ2n) is 5.17. The van der Waals surface area contributed by atoms with Crippen LogP contribution < -0.4 is 0 Å². The molecule has 0 saturated heterocycles. The zero-order chi connectivity index (χ0) is 16.3. The van der Waals surface area contributed by atoms with Crippen LogP contribution in [0.25, 0.3) is 38.3 Å². The Morgan fingerprint density at radius 2 is 1.71 bits per heavy atom. The quantitative estimate of drug-likeness (QED) is 0.217. The van der Waals surface area contributed by atoms with E-state index in [0.717, 1.165) is 4.90 Å². The van der Waals surface area contributed by atoms with Crippen molar-refractivity contribution in [3.63, 3.8) is 0 Å². The first-order valence-electron chi connectivity index (χ1n) is 7.09. The Bertz CT molecular complexity index is 1160. The maximum atomic E-state index is 4.58. The molecule has 0 atom stereocenters. The Morgan fingerprint density at radius 3 is 2.50 bits per heavy atom. The largest absolute Gasteiger partial charge is 0.142 e. The Labute approximate surface area is 169 Å². The first kappa shape index (κ1) is 15.9. The maximum Gasteiger partial charge on any atom is 0.0892 e. The Kier molecular flexibility index (Phi) is 4.09. The predicted molar refractivity (Wildman–Crippen MR) is 121 cm³/mol. The molecule has 7 heteroatoms. The van der Waals surface area contributed by atoms with Crippen LogP contribution in [0.5, 0.6) is 0 Å². The van der Waals surface area contributed by atoms with Gasteiger partial charge in [0, 0.05) is 29.6 Å². The molecule has 0 aliphatic carbocycles. The zero-order valence-electron chi connectivity index (χ0n) is 12.4. The fourth-order valence-corrected chi connectivity index (χ4v) is 10.1. The van der Waals surface area contributed by atoms with E-state index >= 15 is 0 Å². The number of thiophene rings is 5. The first-order chi connectivity index (χ1) is 11.7. The summed E-state index contributed by atoms with van der Waals surface area (Å²) < 4.78 is 4.27. The second-order valence-corrected chi connectivity index (χ2v) is 11.7. The number of hydrogen-bond acceptors (Lipinski definition) is 7. The van der Waals surface area contributed by atoms with Crippen molar-refractivity contribution in [2.45, 2.75) is 9.79 Å². The molecule has 0 aliphatic rings. The van der Waals surface area contributed by atoms with Crippen LogP contribution in [0.15, 0.2) is 44.8 Å². The SMILES string of the molecule is CSc1ccsc1-c1cc2c(s1)sc1cc(-c3sccc3S)sc12. The molecule has 0 bridgehead atoms. The molecular formula is C17H10S7. The molecule has 0 spiro atoms. The molecule has 0 unspecified atom stereocenters.